The summed E-state index contributed by atoms with van der Waals surface area (Å²) in [6.45, 7) is 8.96. The Hall–Kier alpha value is -0.930. The smallest absolute Gasteiger partial charge is 0.128 e. The maximum Gasteiger partial charge on any atom is 0.128 e. The molecule has 0 aliphatic carbocycles. The van der Waals surface area contributed by atoms with E-state index < -0.39 is 0 Å². The van der Waals surface area contributed by atoms with Crippen molar-refractivity contribution in [1.29, 1.82) is 0 Å². The summed E-state index contributed by atoms with van der Waals surface area (Å²) >= 11 is 0. The van der Waals surface area contributed by atoms with E-state index in [1.54, 1.807) is 12.1 Å². The molecule has 2 nitrogen and oxygen atoms in total. The van der Waals surface area contributed by atoms with Gasteiger partial charge in [0.15, 0.2) is 0 Å². The van der Waals surface area contributed by atoms with Gasteiger partial charge in [-0.25, -0.2) is 4.39 Å². The van der Waals surface area contributed by atoms with Crippen LogP contribution in [-0.4, -0.2) is 24.5 Å². The number of rotatable bonds is 3. The molecule has 1 aromatic rings. The number of hydrogen-bond donors (Lipinski definition) is 1. The molecule has 0 radical (unpaired) electrons. The highest BCUT2D eigenvalue weighted by Gasteiger charge is 2.34. The lowest BCUT2D eigenvalue weighted by Gasteiger charge is -2.29. The third-order valence-corrected chi connectivity index (χ3v) is 3.88. The van der Waals surface area contributed by atoms with Crippen LogP contribution in [0.25, 0.3) is 0 Å². The maximum atomic E-state index is 14.0. The van der Waals surface area contributed by atoms with Crippen molar-refractivity contribution in [2.45, 2.75) is 33.2 Å². The van der Waals surface area contributed by atoms with Crippen LogP contribution >= 0.6 is 0 Å². The van der Waals surface area contributed by atoms with Gasteiger partial charge in [-0.3, -0.25) is 4.90 Å². The molecular formula is C15H23FN2. The van der Waals surface area contributed by atoms with Crippen LogP contribution in [0.2, 0.25) is 0 Å². The highest BCUT2D eigenvalue weighted by Crippen LogP contribution is 2.35. The highest BCUT2D eigenvalue weighted by atomic mass is 19.1. The van der Waals surface area contributed by atoms with Crippen molar-refractivity contribution in [3.63, 3.8) is 0 Å². The summed E-state index contributed by atoms with van der Waals surface area (Å²) in [5.41, 5.74) is 8.03. The average Bonchev–Trinajstić information content (AvgIpc) is 2.65. The maximum absolute atomic E-state index is 14.0. The van der Waals surface area contributed by atoms with E-state index in [4.69, 9.17) is 5.73 Å². The van der Waals surface area contributed by atoms with Crippen molar-refractivity contribution in [3.8, 4) is 0 Å². The largest absolute Gasteiger partial charge is 0.329 e. The van der Waals surface area contributed by atoms with E-state index >= 15 is 0 Å². The summed E-state index contributed by atoms with van der Waals surface area (Å²) < 4.78 is 14.0. The molecule has 1 aromatic carbocycles. The minimum atomic E-state index is -0.138. The molecule has 1 aliphatic heterocycles. The SMILES string of the molecule is Cc1ccc(F)c(C(CN)N2CCC(C)(C)C2)c1. The second kappa shape index (κ2) is 4.98. The van der Waals surface area contributed by atoms with E-state index in [9.17, 15) is 4.39 Å². The van der Waals surface area contributed by atoms with Crippen LogP contribution in [0.5, 0.6) is 0 Å². The fourth-order valence-corrected chi connectivity index (χ4v) is 2.81. The van der Waals surface area contributed by atoms with E-state index in [-0.39, 0.29) is 11.9 Å². The predicted molar refractivity (Wildman–Crippen MR) is 72.9 cm³/mol. The number of benzene rings is 1. The van der Waals surface area contributed by atoms with Crippen LogP contribution in [0.15, 0.2) is 18.2 Å². The predicted octanol–water partition coefficient (Wildman–Crippen LogP) is 2.87. The topological polar surface area (TPSA) is 29.3 Å². The monoisotopic (exact) mass is 250 g/mol. The Bertz CT molecular complexity index is 429. The summed E-state index contributed by atoms with van der Waals surface area (Å²) in [5.74, 6) is -0.138. The van der Waals surface area contributed by atoms with Gasteiger partial charge >= 0.3 is 0 Å². The van der Waals surface area contributed by atoms with Crippen LogP contribution in [0.1, 0.15) is 37.4 Å². The van der Waals surface area contributed by atoms with Crippen molar-refractivity contribution in [1.82, 2.24) is 4.90 Å². The van der Waals surface area contributed by atoms with Crippen molar-refractivity contribution in [2.24, 2.45) is 11.1 Å². The Morgan fingerprint density at radius 1 is 1.44 bits per heavy atom. The summed E-state index contributed by atoms with van der Waals surface area (Å²) in [4.78, 5) is 2.32. The van der Waals surface area contributed by atoms with Gasteiger partial charge in [-0.15, -0.1) is 0 Å². The molecule has 1 atom stereocenters. The fourth-order valence-electron chi connectivity index (χ4n) is 2.81. The zero-order valence-electron chi connectivity index (χ0n) is 11.5. The molecule has 1 fully saturated rings. The first-order valence-corrected chi connectivity index (χ1v) is 6.63. The summed E-state index contributed by atoms with van der Waals surface area (Å²) in [6.07, 6.45) is 1.15. The fraction of sp³-hybridized carbons (Fsp3) is 0.600. The molecule has 18 heavy (non-hydrogen) atoms. The van der Waals surface area contributed by atoms with E-state index in [2.05, 4.69) is 18.7 Å². The van der Waals surface area contributed by atoms with Gasteiger partial charge in [-0.05, 0) is 31.4 Å². The Morgan fingerprint density at radius 3 is 2.72 bits per heavy atom. The first-order valence-electron chi connectivity index (χ1n) is 6.63. The average molecular weight is 250 g/mol. The Labute approximate surface area is 109 Å². The van der Waals surface area contributed by atoms with E-state index in [1.165, 1.54) is 0 Å². The Morgan fingerprint density at radius 2 is 2.17 bits per heavy atom. The van der Waals surface area contributed by atoms with E-state index in [0.29, 0.717) is 12.0 Å². The van der Waals surface area contributed by atoms with Crippen LogP contribution < -0.4 is 5.73 Å². The van der Waals surface area contributed by atoms with Gasteiger partial charge in [0, 0.05) is 24.7 Å². The molecular weight excluding hydrogens is 227 g/mol. The van der Waals surface area contributed by atoms with Crippen molar-refractivity contribution in [2.75, 3.05) is 19.6 Å². The molecule has 1 heterocycles. The molecule has 2 rings (SSSR count). The zero-order chi connectivity index (χ0) is 13.3. The zero-order valence-corrected chi connectivity index (χ0v) is 11.5. The first-order chi connectivity index (χ1) is 8.43. The number of nitrogens with zero attached hydrogens (tertiary/aromatic N) is 1. The van der Waals surface area contributed by atoms with Gasteiger partial charge in [-0.1, -0.05) is 31.5 Å². The number of halogens is 1. The molecule has 100 valence electrons. The van der Waals surface area contributed by atoms with Gasteiger partial charge < -0.3 is 5.73 Å². The lowest BCUT2D eigenvalue weighted by atomic mass is 9.93. The number of aryl methyl sites for hydroxylation is 1. The molecule has 0 bridgehead atoms. The Kier molecular flexibility index (Phi) is 3.74. The molecule has 0 aromatic heterocycles. The third kappa shape index (κ3) is 2.73. The summed E-state index contributed by atoms with van der Waals surface area (Å²) in [7, 11) is 0. The van der Waals surface area contributed by atoms with Gasteiger partial charge in [0.1, 0.15) is 5.82 Å². The lowest BCUT2D eigenvalue weighted by molar-refractivity contribution is 0.219. The molecule has 0 saturated carbocycles. The van der Waals surface area contributed by atoms with Crippen molar-refractivity contribution in [3.05, 3.63) is 35.1 Å². The third-order valence-electron chi connectivity index (χ3n) is 3.88. The molecule has 2 N–H and O–H groups in total. The summed E-state index contributed by atoms with van der Waals surface area (Å²) in [5, 5.41) is 0. The highest BCUT2D eigenvalue weighted by molar-refractivity contribution is 5.27. The van der Waals surface area contributed by atoms with Crippen LogP contribution in [0, 0.1) is 18.2 Å². The molecule has 1 unspecified atom stereocenters. The van der Waals surface area contributed by atoms with Crippen molar-refractivity contribution >= 4 is 0 Å². The van der Waals surface area contributed by atoms with E-state index in [0.717, 1.165) is 30.6 Å². The van der Waals surface area contributed by atoms with Crippen LogP contribution in [0.4, 0.5) is 4.39 Å². The van der Waals surface area contributed by atoms with Crippen LogP contribution in [0.3, 0.4) is 0 Å². The first kappa shape index (κ1) is 13.5. The molecule has 0 amide bonds. The summed E-state index contributed by atoms with van der Waals surface area (Å²) in [6, 6.07) is 5.29. The Balaban J connectivity index is 2.26. The lowest BCUT2D eigenvalue weighted by Crippen LogP contribution is -2.33. The van der Waals surface area contributed by atoms with E-state index in [1.807, 2.05) is 13.0 Å². The van der Waals surface area contributed by atoms with Gasteiger partial charge in [0.2, 0.25) is 0 Å². The number of hydrogen-bond acceptors (Lipinski definition) is 2. The molecule has 1 saturated heterocycles. The van der Waals surface area contributed by atoms with Crippen LogP contribution in [-0.2, 0) is 0 Å². The molecule has 3 heteroatoms. The molecule has 0 spiro atoms. The second-order valence-electron chi connectivity index (χ2n) is 6.16. The minimum absolute atomic E-state index is 0.00618. The number of likely N-dealkylation sites (tertiary alicyclic amines) is 1. The minimum Gasteiger partial charge on any atom is -0.329 e. The molecule has 1 aliphatic rings. The standard InChI is InChI=1S/C15H23FN2/c1-11-4-5-13(16)12(8-11)14(9-17)18-7-6-15(2,3)10-18/h4-5,8,14H,6-7,9-10,17H2,1-3H3. The van der Waals surface area contributed by atoms with Gasteiger partial charge in [-0.2, -0.15) is 0 Å². The van der Waals surface area contributed by atoms with Gasteiger partial charge in [0.05, 0.1) is 0 Å². The second-order valence-corrected chi connectivity index (χ2v) is 6.16. The van der Waals surface area contributed by atoms with Crippen molar-refractivity contribution < 1.29 is 4.39 Å². The normalized spacial score (nSPS) is 21.2. The number of nitrogens with two attached hydrogens (primary N) is 1. The van der Waals surface area contributed by atoms with Gasteiger partial charge in [0.25, 0.3) is 0 Å². The quantitative estimate of drug-likeness (QED) is 0.893.